The standard InChI is InChI=1S/C72H111ClN12O25/c1-17-33(5)27-34(6)19-24-47(88)72(13,105)71(104)76-30-49(90)80-51(38(10)86)64(98)78-44(18-2)62(96)81-50(35(7)36(8)60(74)94)63(97)82-52-58(32(3)4)110-69(103)46-28-42(73)25-26-85(46)68(102)53(59(107-16)41-20-22-43(23-21-41)109-70-57(93)56(92)55(91)40(12)108-70)83-66(100)54(39(11)87)84(14)67(101)37(9)77-48(89)29-75-61(95)45(31-106-15)79-65(52)99/h18-24,27,32-33,35-40,42,45-47,50-59,70,86-88,91-93,105H,17,25-26,28-31H2,1-16H3,(H2,74,94)(H,75,95)(H,76,104)(H,77,89)(H,78,98)(H,79,99)(H,80,90)(H,81,96)(H,82,97)(H,83,100)/b24-19-,34-27+,44-18-/t33?,35-,36+,37-,38+,39+,40-,42-,45+,46-,47?,50-,51-,52+,53+,54-,55-,56+,57+,58+,59+,70-,72?/m0/s1. The third kappa shape index (κ3) is 25.4. The minimum atomic E-state index is -2.47. The number of hydrogen-bond donors (Lipinski definition) is 17. The van der Waals surface area contributed by atoms with Gasteiger partial charge in [-0.1, -0.05) is 90.0 Å². The molecule has 1 aromatic rings. The Morgan fingerprint density at radius 1 is 0.845 bits per heavy atom. The van der Waals surface area contributed by atoms with Crippen LogP contribution in [0.15, 0.2) is 59.8 Å². The molecule has 1 aromatic carbocycles. The minimum Gasteiger partial charge on any atom is -0.462 e. The average molecular weight is 1580 g/mol. The summed E-state index contributed by atoms with van der Waals surface area (Å²) in [5.74, 6) is -18.6. The number of primary amides is 1. The number of aliphatic hydroxyl groups excluding tert-OH is 6. The number of hydrogen-bond acceptors (Lipinski definition) is 25. The van der Waals surface area contributed by atoms with E-state index in [-0.39, 0.29) is 36.6 Å². The van der Waals surface area contributed by atoms with Crippen molar-refractivity contribution in [2.45, 2.75) is 230 Å². The lowest BCUT2D eigenvalue weighted by atomic mass is 9.87. The van der Waals surface area contributed by atoms with Crippen LogP contribution >= 0.6 is 11.6 Å². The van der Waals surface area contributed by atoms with Crippen molar-refractivity contribution in [3.8, 4) is 5.75 Å². The van der Waals surface area contributed by atoms with Crippen molar-refractivity contribution < 1.29 is 122 Å². The molecule has 38 heteroatoms. The minimum absolute atomic E-state index is 0.00329. The van der Waals surface area contributed by atoms with Gasteiger partial charge >= 0.3 is 5.97 Å². The van der Waals surface area contributed by atoms with E-state index in [4.69, 9.17) is 41.0 Å². The number of carbonyl (C=O) groups excluding carboxylic acids is 13. The zero-order chi connectivity index (χ0) is 83.3. The van der Waals surface area contributed by atoms with E-state index in [2.05, 4.69) is 47.9 Å². The Morgan fingerprint density at radius 2 is 1.48 bits per heavy atom. The highest BCUT2D eigenvalue weighted by Crippen LogP contribution is 2.32. The molecule has 12 amide bonds. The number of nitrogens with two attached hydrogens (primary N) is 1. The van der Waals surface area contributed by atoms with E-state index in [1.54, 1.807) is 6.92 Å². The van der Waals surface area contributed by atoms with Gasteiger partial charge in [0.05, 0.1) is 38.0 Å². The van der Waals surface area contributed by atoms with Crippen LogP contribution in [0.4, 0.5) is 0 Å². The summed E-state index contributed by atoms with van der Waals surface area (Å²) in [5, 5.41) is 95.5. The number of cyclic esters (lactones) is 1. The van der Waals surface area contributed by atoms with Crippen LogP contribution in [0, 0.1) is 23.7 Å². The van der Waals surface area contributed by atoms with E-state index >= 15 is 19.2 Å². The molecule has 3 heterocycles. The molecular formula is C72H111ClN12O25. The Hall–Kier alpha value is -8.76. The highest BCUT2D eigenvalue weighted by atomic mass is 35.5. The van der Waals surface area contributed by atoms with Crippen LogP contribution < -0.4 is 58.3 Å². The number of aliphatic hydroxyl groups is 7. The van der Waals surface area contributed by atoms with Crippen LogP contribution in [0.2, 0.25) is 0 Å². The molecule has 3 saturated heterocycles. The number of esters is 1. The van der Waals surface area contributed by atoms with E-state index in [9.17, 15) is 78.9 Å². The van der Waals surface area contributed by atoms with Gasteiger partial charge in [-0.3, -0.25) is 57.5 Å². The number of halogens is 1. The first kappa shape index (κ1) is 93.6. The Balaban J connectivity index is 1.83. The summed E-state index contributed by atoms with van der Waals surface area (Å²) < 4.78 is 28.9. The first-order valence-corrected chi connectivity index (χ1v) is 36.5. The van der Waals surface area contributed by atoms with E-state index in [1.165, 1.54) is 92.0 Å². The predicted octanol–water partition coefficient (Wildman–Crippen LogP) is -4.41. The number of fused-ring (bicyclic) bond motifs is 1. The molecule has 0 radical (unpaired) electrons. The number of allylic oxidation sites excluding steroid dienone is 4. The molecule has 3 fully saturated rings. The van der Waals surface area contributed by atoms with Crippen molar-refractivity contribution in [3.05, 3.63) is 65.4 Å². The van der Waals surface area contributed by atoms with Gasteiger partial charge in [-0.25, -0.2) is 4.79 Å². The predicted molar refractivity (Wildman–Crippen MR) is 392 cm³/mol. The summed E-state index contributed by atoms with van der Waals surface area (Å²) in [4.78, 5) is 188. The number of alkyl halides is 1. The number of piperidine rings is 1. The van der Waals surface area contributed by atoms with Gasteiger partial charge < -0.3 is 123 Å². The maximum atomic E-state index is 15.7. The Labute approximate surface area is 643 Å². The fourth-order valence-electron chi connectivity index (χ4n) is 12.1. The van der Waals surface area contributed by atoms with Gasteiger partial charge in [0.15, 0.2) is 5.60 Å². The summed E-state index contributed by atoms with van der Waals surface area (Å²) >= 11 is 6.81. The zero-order valence-corrected chi connectivity index (χ0v) is 65.4. The summed E-state index contributed by atoms with van der Waals surface area (Å²) in [6, 6.07) is -9.33. The van der Waals surface area contributed by atoms with Crippen molar-refractivity contribution in [2.24, 2.45) is 29.4 Å². The summed E-state index contributed by atoms with van der Waals surface area (Å²) in [6.45, 7) is 15.6. The molecule has 0 saturated carbocycles. The molecule has 3 unspecified atom stereocenters. The first-order valence-electron chi connectivity index (χ1n) is 36.0. The number of nitrogens with one attached hydrogen (secondary N) is 9. The van der Waals surface area contributed by atoms with E-state index in [1.807, 2.05) is 19.9 Å². The number of rotatable bonds is 28. The highest BCUT2D eigenvalue weighted by Gasteiger charge is 2.49. The zero-order valence-electron chi connectivity index (χ0n) is 64.7. The molecule has 3 aliphatic rings. The fraction of sp³-hybridized carbons (Fsp3) is 0.653. The highest BCUT2D eigenvalue weighted by molar-refractivity contribution is 6.21. The number of methoxy groups -OCH3 is 2. The number of amides is 12. The quantitative estimate of drug-likeness (QED) is 0.0163. The molecular weight excluding hydrogens is 1470 g/mol. The summed E-state index contributed by atoms with van der Waals surface area (Å²) in [7, 11) is 3.43. The number of benzene rings is 1. The number of carbonyl (C=O) groups is 13. The SMILES string of the molecule is C/C=C(\NC(=O)[C@@H](NC(=O)CNC(=O)C(C)(O)C(O)/C=C\C(C)=C\C(C)CC)[C@@H](C)O)C(=O)N[C@H](C(=O)N[C@H]1C(=O)N[C@H](COC)C(=O)NCC(=O)N[C@@H](C)C(=O)N(C)[C@@H]([C@@H](C)O)C(=O)N[C@H]([C@H](OC)c2ccc(O[C@@H]3O[C@@H](C)[C@H](O)[C@@H](O)[C@H]3O)cc2)C(=O)N2CC[C@H](Cl)C[C@H]2C(=O)O[C@@H]1C(C)C)[C@@H](C)[C@@H](C)C(N)=O. The summed E-state index contributed by atoms with van der Waals surface area (Å²) in [6.07, 6.45) is -9.81. The molecule has 616 valence electrons. The lowest BCUT2D eigenvalue weighted by Gasteiger charge is -2.41. The second-order valence-electron chi connectivity index (χ2n) is 28.4. The number of likely N-dealkylation sites (N-methyl/N-ethyl adjacent to an activating group) is 1. The van der Waals surface area contributed by atoms with Gasteiger partial charge in [-0.15, -0.1) is 11.6 Å². The maximum Gasteiger partial charge on any atom is 0.329 e. The van der Waals surface area contributed by atoms with Crippen molar-refractivity contribution in [1.82, 2.24) is 57.7 Å². The lowest BCUT2D eigenvalue weighted by molar-refractivity contribution is -0.268. The molecule has 0 spiro atoms. The lowest BCUT2D eigenvalue weighted by Crippen LogP contribution is -2.65. The van der Waals surface area contributed by atoms with Crippen molar-refractivity contribution >= 4 is 88.5 Å². The van der Waals surface area contributed by atoms with Crippen molar-refractivity contribution in [2.75, 3.05) is 47.5 Å². The molecule has 0 bridgehead atoms. The van der Waals surface area contributed by atoms with Gasteiger partial charge in [0.2, 0.25) is 65.4 Å². The molecule has 4 rings (SSSR count). The molecule has 0 aromatic heterocycles. The Kier molecular flexibility index (Phi) is 36.3. The molecule has 110 heavy (non-hydrogen) atoms. The van der Waals surface area contributed by atoms with Crippen LogP contribution in [-0.2, 0) is 81.3 Å². The van der Waals surface area contributed by atoms with Crippen LogP contribution in [0.25, 0.3) is 0 Å². The second kappa shape index (κ2) is 42.6. The largest absolute Gasteiger partial charge is 0.462 e. The number of nitrogens with zero attached hydrogens (tertiary/aromatic N) is 2. The normalized spacial score (nSPS) is 27.8. The third-order valence-electron chi connectivity index (χ3n) is 19.3. The van der Waals surface area contributed by atoms with E-state index < -0.39 is 241 Å². The van der Waals surface area contributed by atoms with Crippen molar-refractivity contribution in [3.63, 3.8) is 0 Å². The third-order valence-corrected chi connectivity index (χ3v) is 19.7. The topological polar surface area (TPSA) is 550 Å². The smallest absolute Gasteiger partial charge is 0.329 e. The molecule has 3 aliphatic heterocycles. The van der Waals surface area contributed by atoms with Gasteiger partial charge in [0, 0.05) is 39.1 Å². The Bertz CT molecular complexity index is 3510. The van der Waals surface area contributed by atoms with Gasteiger partial charge in [0.25, 0.3) is 11.8 Å². The average Bonchev–Trinajstić information content (AvgIpc) is 0.786. The van der Waals surface area contributed by atoms with Crippen LogP contribution in [0.3, 0.4) is 0 Å². The van der Waals surface area contributed by atoms with Crippen LogP contribution in [-0.4, -0.2) is 284 Å². The molecule has 0 aliphatic carbocycles. The monoisotopic (exact) mass is 1580 g/mol. The molecule has 23 atom stereocenters. The fourth-order valence-corrected chi connectivity index (χ4v) is 12.4. The van der Waals surface area contributed by atoms with Gasteiger partial charge in [0.1, 0.15) is 96.4 Å². The van der Waals surface area contributed by atoms with E-state index in [0.29, 0.717) is 0 Å². The van der Waals surface area contributed by atoms with Gasteiger partial charge in [-0.05, 0) is 96.8 Å². The Morgan fingerprint density at radius 3 is 2.05 bits per heavy atom. The van der Waals surface area contributed by atoms with Gasteiger partial charge in [-0.2, -0.15) is 0 Å². The van der Waals surface area contributed by atoms with E-state index in [0.717, 1.165) is 62.8 Å². The molecule has 18 N–H and O–H groups in total. The van der Waals surface area contributed by atoms with Crippen LogP contribution in [0.1, 0.15) is 121 Å². The second-order valence-corrected chi connectivity index (χ2v) is 29.0. The van der Waals surface area contributed by atoms with Crippen molar-refractivity contribution in [1.29, 1.82) is 0 Å². The summed E-state index contributed by atoms with van der Waals surface area (Å²) in [5.41, 5.74) is 3.51. The molecule has 37 nitrogen and oxygen atoms in total. The number of ether oxygens (including phenoxy) is 5. The maximum absolute atomic E-state index is 15.7. The van der Waals surface area contributed by atoms with Crippen LogP contribution in [0.5, 0.6) is 5.75 Å². The first-order chi connectivity index (χ1) is 51.4.